The summed E-state index contributed by atoms with van der Waals surface area (Å²) in [5.41, 5.74) is 2.69. The van der Waals surface area contributed by atoms with E-state index in [-0.39, 0.29) is 0 Å². The van der Waals surface area contributed by atoms with Crippen molar-refractivity contribution in [2.24, 2.45) is 10.8 Å². The van der Waals surface area contributed by atoms with E-state index in [9.17, 15) is 0 Å². The van der Waals surface area contributed by atoms with E-state index < -0.39 is 0 Å². The van der Waals surface area contributed by atoms with Crippen LogP contribution in [0.2, 0.25) is 0 Å². The van der Waals surface area contributed by atoms with Crippen LogP contribution in [0.4, 0.5) is 0 Å². The lowest BCUT2D eigenvalue weighted by atomic mass is 10.1. The van der Waals surface area contributed by atoms with Crippen molar-refractivity contribution in [3.63, 3.8) is 0 Å². The standard InChI is InChI=1S/C16H34N4/c1-2-3-4-5-6-7-8-11-14-18-16(20-17)19-15-12-9-10-13-15/h15H,2-14,17H2,1H3,(H2,18,19,20). The molecule has 118 valence electrons. The number of unbranched alkanes of at least 4 members (excludes halogenated alkanes) is 7. The number of nitrogens with one attached hydrogen (secondary N) is 2. The fourth-order valence-corrected chi connectivity index (χ4v) is 2.83. The Morgan fingerprint density at radius 2 is 1.60 bits per heavy atom. The average molecular weight is 282 g/mol. The van der Waals surface area contributed by atoms with Crippen molar-refractivity contribution in [1.29, 1.82) is 0 Å². The van der Waals surface area contributed by atoms with Gasteiger partial charge >= 0.3 is 0 Å². The highest BCUT2D eigenvalue weighted by Crippen LogP contribution is 2.17. The molecule has 0 atom stereocenters. The maximum atomic E-state index is 5.52. The second kappa shape index (κ2) is 12.0. The number of hydrogen-bond donors (Lipinski definition) is 3. The molecule has 4 nitrogen and oxygen atoms in total. The van der Waals surface area contributed by atoms with Crippen LogP contribution in [0.5, 0.6) is 0 Å². The van der Waals surface area contributed by atoms with Gasteiger partial charge in [0.15, 0.2) is 0 Å². The van der Waals surface area contributed by atoms with E-state index in [0.717, 1.165) is 12.5 Å². The number of guanidine groups is 1. The number of hydrogen-bond acceptors (Lipinski definition) is 2. The largest absolute Gasteiger partial charge is 0.353 e. The van der Waals surface area contributed by atoms with Gasteiger partial charge in [0.25, 0.3) is 0 Å². The van der Waals surface area contributed by atoms with Gasteiger partial charge in [-0.3, -0.25) is 10.4 Å². The van der Waals surface area contributed by atoms with Crippen molar-refractivity contribution >= 4 is 5.96 Å². The zero-order chi connectivity index (χ0) is 14.5. The summed E-state index contributed by atoms with van der Waals surface area (Å²) < 4.78 is 0. The van der Waals surface area contributed by atoms with E-state index in [0.29, 0.717) is 6.04 Å². The van der Waals surface area contributed by atoms with Gasteiger partial charge in [0.2, 0.25) is 5.96 Å². The van der Waals surface area contributed by atoms with Gasteiger partial charge in [0.1, 0.15) is 0 Å². The Balaban J connectivity index is 1.97. The molecule has 0 radical (unpaired) electrons. The predicted molar refractivity (Wildman–Crippen MR) is 87.6 cm³/mol. The molecule has 1 fully saturated rings. The molecule has 0 spiro atoms. The van der Waals surface area contributed by atoms with Gasteiger partial charge in [-0.25, -0.2) is 5.84 Å². The van der Waals surface area contributed by atoms with Crippen LogP contribution in [-0.4, -0.2) is 18.5 Å². The van der Waals surface area contributed by atoms with Crippen LogP contribution in [0.1, 0.15) is 84.0 Å². The summed E-state index contributed by atoms with van der Waals surface area (Å²) in [6.07, 6.45) is 15.9. The minimum atomic E-state index is 0.573. The third-order valence-corrected chi connectivity index (χ3v) is 4.11. The third kappa shape index (κ3) is 8.41. The summed E-state index contributed by atoms with van der Waals surface area (Å²) in [7, 11) is 0. The van der Waals surface area contributed by atoms with Crippen LogP contribution in [0.3, 0.4) is 0 Å². The van der Waals surface area contributed by atoms with Crippen LogP contribution in [0.15, 0.2) is 4.99 Å². The molecule has 0 amide bonds. The quantitative estimate of drug-likeness (QED) is 0.189. The molecule has 1 aliphatic rings. The van der Waals surface area contributed by atoms with Gasteiger partial charge in [0, 0.05) is 12.6 Å². The van der Waals surface area contributed by atoms with Gasteiger partial charge in [-0.05, 0) is 19.3 Å². The maximum Gasteiger partial charge on any atom is 0.205 e. The number of nitrogens with two attached hydrogens (primary N) is 1. The molecule has 0 aromatic carbocycles. The molecule has 0 heterocycles. The molecule has 0 unspecified atom stereocenters. The lowest BCUT2D eigenvalue weighted by molar-refractivity contribution is 0.576. The van der Waals surface area contributed by atoms with Gasteiger partial charge in [-0.2, -0.15) is 0 Å². The molecular formula is C16H34N4. The SMILES string of the molecule is CCCCCCCCCCN=C(NN)NC1CCCC1. The zero-order valence-corrected chi connectivity index (χ0v) is 13.3. The average Bonchev–Trinajstić information content (AvgIpc) is 2.97. The Morgan fingerprint density at radius 1 is 1.00 bits per heavy atom. The molecule has 0 aromatic heterocycles. The van der Waals surface area contributed by atoms with Crippen molar-refractivity contribution in [2.75, 3.05) is 6.54 Å². The van der Waals surface area contributed by atoms with Crippen molar-refractivity contribution < 1.29 is 0 Å². The van der Waals surface area contributed by atoms with Crippen molar-refractivity contribution in [3.8, 4) is 0 Å². The number of nitrogens with zero attached hydrogens (tertiary/aromatic N) is 1. The van der Waals surface area contributed by atoms with E-state index in [2.05, 4.69) is 22.7 Å². The maximum absolute atomic E-state index is 5.52. The monoisotopic (exact) mass is 282 g/mol. The molecule has 20 heavy (non-hydrogen) atoms. The van der Waals surface area contributed by atoms with Crippen LogP contribution in [0.25, 0.3) is 0 Å². The molecule has 1 saturated carbocycles. The first-order valence-corrected chi connectivity index (χ1v) is 8.64. The summed E-state index contributed by atoms with van der Waals surface area (Å²) in [5, 5.41) is 3.40. The minimum absolute atomic E-state index is 0.573. The van der Waals surface area contributed by atoms with Crippen molar-refractivity contribution in [3.05, 3.63) is 0 Å². The molecule has 1 aliphatic carbocycles. The number of rotatable bonds is 10. The lowest BCUT2D eigenvalue weighted by Gasteiger charge is -2.14. The summed E-state index contributed by atoms with van der Waals surface area (Å²) in [4.78, 5) is 4.52. The van der Waals surface area contributed by atoms with Crippen molar-refractivity contribution in [1.82, 2.24) is 10.7 Å². The summed E-state index contributed by atoms with van der Waals surface area (Å²) in [5.74, 6) is 6.29. The molecule has 0 aromatic rings. The number of aliphatic imine (C=N–C) groups is 1. The van der Waals surface area contributed by atoms with E-state index >= 15 is 0 Å². The zero-order valence-electron chi connectivity index (χ0n) is 13.3. The fraction of sp³-hybridized carbons (Fsp3) is 0.938. The molecule has 4 heteroatoms. The van der Waals surface area contributed by atoms with E-state index in [4.69, 9.17) is 5.84 Å². The van der Waals surface area contributed by atoms with E-state index in [1.165, 1.54) is 77.0 Å². The second-order valence-corrected chi connectivity index (χ2v) is 5.98. The molecule has 0 saturated heterocycles. The van der Waals surface area contributed by atoms with Gasteiger partial charge in [-0.1, -0.05) is 64.7 Å². The van der Waals surface area contributed by atoms with Crippen LogP contribution in [0, 0.1) is 0 Å². The molecule has 0 aliphatic heterocycles. The Kier molecular flexibility index (Phi) is 10.4. The molecule has 0 bridgehead atoms. The summed E-state index contributed by atoms with van der Waals surface area (Å²) in [6.45, 7) is 3.15. The topological polar surface area (TPSA) is 62.4 Å². The second-order valence-electron chi connectivity index (χ2n) is 5.98. The van der Waals surface area contributed by atoms with Gasteiger partial charge < -0.3 is 5.32 Å². The van der Waals surface area contributed by atoms with Gasteiger partial charge in [0.05, 0.1) is 0 Å². The first-order valence-electron chi connectivity index (χ1n) is 8.64. The van der Waals surface area contributed by atoms with Crippen LogP contribution in [-0.2, 0) is 0 Å². The Bertz CT molecular complexity index is 247. The first-order chi connectivity index (χ1) is 9.86. The Morgan fingerprint density at radius 3 is 2.20 bits per heavy atom. The van der Waals surface area contributed by atoms with Crippen LogP contribution >= 0.6 is 0 Å². The Labute approximate surface area is 125 Å². The predicted octanol–water partition coefficient (Wildman–Crippen LogP) is 3.48. The smallest absolute Gasteiger partial charge is 0.205 e. The van der Waals surface area contributed by atoms with E-state index in [1.807, 2.05) is 0 Å². The molecule has 1 rings (SSSR count). The third-order valence-electron chi connectivity index (χ3n) is 4.11. The lowest BCUT2D eigenvalue weighted by Crippen LogP contribution is -2.45. The molecular weight excluding hydrogens is 248 g/mol. The highest BCUT2D eigenvalue weighted by atomic mass is 15.3. The van der Waals surface area contributed by atoms with Gasteiger partial charge in [-0.15, -0.1) is 0 Å². The summed E-state index contributed by atoms with van der Waals surface area (Å²) in [6, 6.07) is 0.573. The normalized spacial score (nSPS) is 16.6. The highest BCUT2D eigenvalue weighted by molar-refractivity contribution is 5.79. The fourth-order valence-electron chi connectivity index (χ4n) is 2.83. The van der Waals surface area contributed by atoms with Crippen LogP contribution < -0.4 is 16.6 Å². The first kappa shape index (κ1) is 17.3. The highest BCUT2D eigenvalue weighted by Gasteiger charge is 2.15. The van der Waals surface area contributed by atoms with Crippen molar-refractivity contribution in [2.45, 2.75) is 90.0 Å². The summed E-state index contributed by atoms with van der Waals surface area (Å²) >= 11 is 0. The number of hydrazine groups is 1. The molecule has 4 N–H and O–H groups in total. The van der Waals surface area contributed by atoms with E-state index in [1.54, 1.807) is 0 Å². The Hall–Kier alpha value is -0.770. The minimum Gasteiger partial charge on any atom is -0.353 e.